The normalized spacial score (nSPS) is 19.6. The fourth-order valence-corrected chi connectivity index (χ4v) is 5.04. The van der Waals surface area contributed by atoms with Crippen LogP contribution in [0.2, 0.25) is 0 Å². The molecule has 1 saturated heterocycles. The Labute approximate surface area is 187 Å². The number of nitrogens with zero attached hydrogens (tertiary/aromatic N) is 1. The molecule has 166 valence electrons. The first kappa shape index (κ1) is 23.2. The average Bonchev–Trinajstić information content (AvgIpc) is 3.30. The van der Waals surface area contributed by atoms with E-state index in [9.17, 15) is 14.4 Å². The van der Waals surface area contributed by atoms with Crippen molar-refractivity contribution >= 4 is 29.1 Å². The Morgan fingerprint density at radius 1 is 1.29 bits per heavy atom. The number of benzene rings is 1. The van der Waals surface area contributed by atoms with Crippen molar-refractivity contribution in [3.05, 3.63) is 57.8 Å². The van der Waals surface area contributed by atoms with Crippen molar-refractivity contribution in [2.75, 3.05) is 20.3 Å². The van der Waals surface area contributed by atoms with Gasteiger partial charge in [-0.1, -0.05) is 24.3 Å². The fraction of sp³-hybridized carbons (Fsp3) is 0.458. The highest BCUT2D eigenvalue weighted by Crippen LogP contribution is 2.41. The first-order valence-electron chi connectivity index (χ1n) is 10.6. The van der Waals surface area contributed by atoms with Crippen molar-refractivity contribution in [1.82, 2.24) is 10.2 Å². The Hall–Kier alpha value is -2.51. The van der Waals surface area contributed by atoms with Gasteiger partial charge >= 0.3 is 0 Å². The highest BCUT2D eigenvalue weighted by atomic mass is 32.1. The summed E-state index contributed by atoms with van der Waals surface area (Å²) in [5.41, 5.74) is 1.66. The Balaban J connectivity index is 1.82. The molecular weight excluding hydrogens is 412 g/mol. The number of ether oxygens (including phenoxy) is 1. The first-order chi connectivity index (χ1) is 14.9. The van der Waals surface area contributed by atoms with Gasteiger partial charge < -0.3 is 10.1 Å². The summed E-state index contributed by atoms with van der Waals surface area (Å²) in [5, 5.41) is 7.10. The molecule has 1 fully saturated rings. The highest BCUT2D eigenvalue weighted by molar-refractivity contribution is 7.07. The molecule has 0 radical (unpaired) electrons. The van der Waals surface area contributed by atoms with Gasteiger partial charge in [-0.25, -0.2) is 0 Å². The number of carbonyl (C=O) groups is 3. The van der Waals surface area contributed by atoms with Crippen LogP contribution in [0.15, 0.2) is 41.1 Å². The molecule has 1 aliphatic rings. The van der Waals surface area contributed by atoms with Gasteiger partial charge in [-0.15, -0.1) is 0 Å². The molecule has 6 nitrogen and oxygen atoms in total. The third kappa shape index (κ3) is 5.22. The predicted molar refractivity (Wildman–Crippen MR) is 121 cm³/mol. The van der Waals surface area contributed by atoms with Crippen LogP contribution in [0, 0.1) is 6.92 Å². The van der Waals surface area contributed by atoms with Crippen molar-refractivity contribution in [3.8, 4) is 0 Å². The minimum atomic E-state index is -1.16. The molecule has 2 unspecified atom stereocenters. The number of amides is 3. The maximum atomic E-state index is 13.5. The minimum Gasteiger partial charge on any atom is -0.385 e. The van der Waals surface area contributed by atoms with Crippen molar-refractivity contribution in [2.45, 2.75) is 51.0 Å². The van der Waals surface area contributed by atoms with Crippen LogP contribution in [0.5, 0.6) is 0 Å². The molecule has 1 aromatic carbocycles. The molecule has 2 aromatic rings. The van der Waals surface area contributed by atoms with Gasteiger partial charge in [-0.05, 0) is 60.2 Å². The van der Waals surface area contributed by atoms with E-state index < -0.39 is 5.41 Å². The molecule has 0 bridgehead atoms. The topological polar surface area (TPSA) is 75.7 Å². The van der Waals surface area contributed by atoms with Crippen LogP contribution in [-0.4, -0.2) is 48.9 Å². The molecule has 7 heteroatoms. The largest absolute Gasteiger partial charge is 0.385 e. The van der Waals surface area contributed by atoms with Gasteiger partial charge in [-0.2, -0.15) is 11.3 Å². The summed E-state index contributed by atoms with van der Waals surface area (Å²) in [6, 6.07) is 9.50. The smallest absolute Gasteiger partial charge is 0.240 e. The van der Waals surface area contributed by atoms with E-state index in [-0.39, 0.29) is 36.6 Å². The van der Waals surface area contributed by atoms with E-state index in [4.69, 9.17) is 4.74 Å². The quantitative estimate of drug-likeness (QED) is 0.453. The number of likely N-dealkylation sites (tertiary alicyclic amines) is 1. The molecule has 3 amide bonds. The number of aryl methyl sites for hydroxylation is 1. The minimum absolute atomic E-state index is 0.00992. The maximum absolute atomic E-state index is 13.5. The Morgan fingerprint density at radius 2 is 2.06 bits per heavy atom. The number of hydrogen-bond acceptors (Lipinski definition) is 5. The number of thiophene rings is 1. The van der Waals surface area contributed by atoms with Crippen molar-refractivity contribution < 1.29 is 19.1 Å². The number of imide groups is 1. The van der Waals surface area contributed by atoms with E-state index in [2.05, 4.69) is 10.7 Å². The summed E-state index contributed by atoms with van der Waals surface area (Å²) in [6.07, 6.45) is 1.26. The van der Waals surface area contributed by atoms with Crippen LogP contribution >= 0.6 is 11.3 Å². The third-order valence-electron chi connectivity index (χ3n) is 5.79. The maximum Gasteiger partial charge on any atom is 0.240 e. The van der Waals surface area contributed by atoms with Crippen LogP contribution in [0.3, 0.4) is 0 Å². The van der Waals surface area contributed by atoms with Gasteiger partial charge in [-0.3, -0.25) is 19.3 Å². The van der Waals surface area contributed by atoms with E-state index in [1.54, 1.807) is 18.4 Å². The SMILES string of the molecule is COCCCN1C(=O)CC(CC(=O)NC(C)Cc2ccsc2)(c2ccccc2C)C1=O. The van der Waals surface area contributed by atoms with Crippen molar-refractivity contribution in [2.24, 2.45) is 0 Å². The van der Waals surface area contributed by atoms with Gasteiger partial charge in [0.25, 0.3) is 0 Å². The van der Waals surface area contributed by atoms with Crippen LogP contribution in [0.1, 0.15) is 42.9 Å². The van der Waals surface area contributed by atoms with Crippen LogP contribution < -0.4 is 5.32 Å². The van der Waals surface area contributed by atoms with Gasteiger partial charge in [0.1, 0.15) is 0 Å². The first-order valence-corrected chi connectivity index (χ1v) is 11.5. The Bertz CT molecular complexity index is 927. The van der Waals surface area contributed by atoms with Gasteiger partial charge in [0.15, 0.2) is 0 Å². The molecule has 2 atom stereocenters. The van der Waals surface area contributed by atoms with E-state index >= 15 is 0 Å². The molecular formula is C24H30N2O4S. The van der Waals surface area contributed by atoms with Crippen LogP contribution in [-0.2, 0) is 31.0 Å². The molecule has 1 N–H and O–H groups in total. The summed E-state index contributed by atoms with van der Waals surface area (Å²) in [4.78, 5) is 40.7. The Morgan fingerprint density at radius 3 is 2.74 bits per heavy atom. The fourth-order valence-electron chi connectivity index (χ4n) is 4.36. The molecule has 0 aliphatic carbocycles. The zero-order chi connectivity index (χ0) is 22.4. The van der Waals surface area contributed by atoms with Crippen LogP contribution in [0.4, 0.5) is 0 Å². The molecule has 1 aromatic heterocycles. The molecule has 0 saturated carbocycles. The van der Waals surface area contributed by atoms with E-state index in [1.165, 1.54) is 10.5 Å². The monoisotopic (exact) mass is 442 g/mol. The van der Waals surface area contributed by atoms with E-state index in [0.29, 0.717) is 19.6 Å². The molecule has 3 rings (SSSR count). The zero-order valence-electron chi connectivity index (χ0n) is 18.3. The van der Waals surface area contributed by atoms with Gasteiger partial charge in [0.2, 0.25) is 17.7 Å². The third-order valence-corrected chi connectivity index (χ3v) is 6.52. The van der Waals surface area contributed by atoms with E-state index in [1.807, 2.05) is 49.6 Å². The number of rotatable bonds is 10. The zero-order valence-corrected chi connectivity index (χ0v) is 19.2. The lowest BCUT2D eigenvalue weighted by atomic mass is 9.74. The predicted octanol–water partition coefficient (Wildman–Crippen LogP) is 3.23. The second kappa shape index (κ2) is 10.2. The lowest BCUT2D eigenvalue weighted by molar-refractivity contribution is -0.141. The summed E-state index contributed by atoms with van der Waals surface area (Å²) in [6.45, 7) is 4.64. The second-order valence-electron chi connectivity index (χ2n) is 8.25. The molecule has 31 heavy (non-hydrogen) atoms. The number of hydrogen-bond donors (Lipinski definition) is 1. The van der Waals surface area contributed by atoms with Gasteiger partial charge in [0, 0.05) is 39.1 Å². The average molecular weight is 443 g/mol. The summed E-state index contributed by atoms with van der Waals surface area (Å²) >= 11 is 1.62. The number of nitrogens with one attached hydrogen (secondary N) is 1. The Kier molecular flexibility index (Phi) is 7.62. The number of carbonyl (C=O) groups excluding carboxylic acids is 3. The summed E-state index contributed by atoms with van der Waals surface area (Å²) in [5.74, 6) is -0.738. The molecule has 0 spiro atoms. The standard InChI is InChI=1S/C24H30N2O4S/c1-17-7-4-5-8-20(17)24(15-22(28)26(23(24)29)10-6-11-30-3)14-21(27)25-18(2)13-19-9-12-31-16-19/h4-5,7-9,12,16,18H,6,10-11,13-15H2,1-3H3,(H,25,27). The molecule has 1 aliphatic heterocycles. The highest BCUT2D eigenvalue weighted by Gasteiger charge is 2.54. The molecule has 2 heterocycles. The second-order valence-corrected chi connectivity index (χ2v) is 9.03. The van der Waals surface area contributed by atoms with E-state index in [0.717, 1.165) is 17.5 Å². The summed E-state index contributed by atoms with van der Waals surface area (Å²) in [7, 11) is 1.59. The van der Waals surface area contributed by atoms with Gasteiger partial charge in [0.05, 0.1) is 5.41 Å². The van der Waals surface area contributed by atoms with Crippen LogP contribution in [0.25, 0.3) is 0 Å². The summed E-state index contributed by atoms with van der Waals surface area (Å²) < 4.78 is 5.07. The lowest BCUT2D eigenvalue weighted by Gasteiger charge is -2.29. The lowest BCUT2D eigenvalue weighted by Crippen LogP contribution is -2.44. The van der Waals surface area contributed by atoms with Crippen molar-refractivity contribution in [1.29, 1.82) is 0 Å². The number of methoxy groups -OCH3 is 1. The van der Waals surface area contributed by atoms with Crippen molar-refractivity contribution in [3.63, 3.8) is 0 Å².